The second-order valence-corrected chi connectivity index (χ2v) is 9.86. The van der Waals surface area contributed by atoms with E-state index in [0.717, 1.165) is 28.4 Å². The van der Waals surface area contributed by atoms with Gasteiger partial charge in [-0.05, 0) is 55.0 Å². The van der Waals surface area contributed by atoms with Crippen molar-refractivity contribution >= 4 is 39.7 Å². The van der Waals surface area contributed by atoms with Crippen LogP contribution in [0.15, 0.2) is 82.1 Å². The first-order chi connectivity index (χ1) is 18.5. The monoisotopic (exact) mass is 530 g/mol. The van der Waals surface area contributed by atoms with Gasteiger partial charge in [-0.1, -0.05) is 42.1 Å². The first-order valence-electron chi connectivity index (χ1n) is 12.6. The Balaban J connectivity index is 1.34. The molecule has 0 saturated carbocycles. The van der Waals surface area contributed by atoms with Gasteiger partial charge in [0.25, 0.3) is 0 Å². The number of allylic oxidation sites excluding steroid dienone is 1. The zero-order chi connectivity index (χ0) is 26.6. The van der Waals surface area contributed by atoms with Gasteiger partial charge in [0.1, 0.15) is 5.75 Å². The largest absolute Gasteiger partial charge is 0.497 e. The molecule has 1 aromatic heterocycles. The number of rotatable bonds is 9. The summed E-state index contributed by atoms with van der Waals surface area (Å²) < 4.78 is 10.9. The predicted octanol–water partition coefficient (Wildman–Crippen LogP) is 5.06. The number of carbonyl (C=O) groups excluding carboxylic acids is 2. The number of methoxy groups -OCH3 is 1. The average Bonchev–Trinajstić information content (AvgIpc) is 3.52. The van der Waals surface area contributed by atoms with E-state index in [1.807, 2.05) is 65.9 Å². The summed E-state index contributed by atoms with van der Waals surface area (Å²) >= 11 is 1.45. The topological polar surface area (TPSA) is 96.0 Å². The summed E-state index contributed by atoms with van der Waals surface area (Å²) in [7, 11) is 1.61. The zero-order valence-corrected chi connectivity index (χ0v) is 22.4. The lowest BCUT2D eigenvalue weighted by atomic mass is 9.93. The summed E-state index contributed by atoms with van der Waals surface area (Å²) in [6, 6.07) is 15.2. The normalized spacial score (nSPS) is 16.7. The lowest BCUT2D eigenvalue weighted by molar-refractivity contribution is -0.139. The Kier molecular flexibility index (Phi) is 7.55. The van der Waals surface area contributed by atoms with Gasteiger partial charge in [0.15, 0.2) is 5.17 Å². The number of aliphatic imine (C=N–C) groups is 1. The maximum atomic E-state index is 13.1. The highest BCUT2D eigenvalue weighted by atomic mass is 32.2. The molecule has 5 rings (SSSR count). The van der Waals surface area contributed by atoms with Crippen molar-refractivity contribution in [1.82, 2.24) is 15.2 Å². The van der Waals surface area contributed by atoms with Gasteiger partial charge in [-0.15, -0.1) is 0 Å². The number of fused-ring (bicyclic) bond motifs is 2. The minimum Gasteiger partial charge on any atom is -0.497 e. The van der Waals surface area contributed by atoms with Crippen LogP contribution in [0.2, 0.25) is 0 Å². The van der Waals surface area contributed by atoms with Gasteiger partial charge in [-0.3, -0.25) is 4.79 Å². The van der Waals surface area contributed by atoms with E-state index in [2.05, 4.69) is 16.4 Å². The molecule has 0 fully saturated rings. The second-order valence-electron chi connectivity index (χ2n) is 9.03. The van der Waals surface area contributed by atoms with Gasteiger partial charge in [-0.2, -0.15) is 0 Å². The quantitative estimate of drug-likeness (QED) is 0.376. The van der Waals surface area contributed by atoms with Crippen molar-refractivity contribution in [3.05, 3.63) is 88.2 Å². The molecule has 2 N–H and O–H groups in total. The maximum absolute atomic E-state index is 13.1. The van der Waals surface area contributed by atoms with Gasteiger partial charge in [0.05, 0.1) is 37.4 Å². The molecule has 1 atom stereocenters. The number of ether oxygens (including phenoxy) is 2. The van der Waals surface area contributed by atoms with Crippen molar-refractivity contribution in [2.24, 2.45) is 4.99 Å². The fraction of sp³-hybridized carbons (Fsp3) is 0.276. The van der Waals surface area contributed by atoms with Crippen molar-refractivity contribution in [1.29, 1.82) is 0 Å². The van der Waals surface area contributed by atoms with Crippen molar-refractivity contribution in [3.63, 3.8) is 0 Å². The van der Waals surface area contributed by atoms with E-state index in [1.165, 1.54) is 22.7 Å². The molecule has 9 heteroatoms. The summed E-state index contributed by atoms with van der Waals surface area (Å²) in [5.41, 5.74) is 4.94. The standard InChI is InChI=1S/C29H30N4O4S/c1-4-37-28(35)26-18(2)32-29-33(27(26)19-8-7-9-22(14-19)36-3)21(17-38-29)15-25(34)30-13-12-20-16-31-24-11-6-5-10-23(20)24/h5-11,14,16-17,27,31H,4,12-13,15H2,1-3H3,(H,30,34)/t27-/m1/s1. The number of aromatic nitrogens is 1. The highest BCUT2D eigenvalue weighted by Crippen LogP contribution is 2.45. The molecule has 0 radical (unpaired) electrons. The Morgan fingerprint density at radius 1 is 1.18 bits per heavy atom. The number of nitrogens with one attached hydrogen (secondary N) is 2. The van der Waals surface area contributed by atoms with E-state index in [-0.39, 0.29) is 18.9 Å². The van der Waals surface area contributed by atoms with E-state index >= 15 is 0 Å². The Morgan fingerprint density at radius 2 is 2.03 bits per heavy atom. The average molecular weight is 531 g/mol. The molecule has 3 aromatic rings. The molecule has 38 heavy (non-hydrogen) atoms. The number of carbonyl (C=O) groups is 2. The van der Waals surface area contributed by atoms with Crippen LogP contribution in [0.4, 0.5) is 0 Å². The zero-order valence-electron chi connectivity index (χ0n) is 21.6. The molecule has 8 nitrogen and oxygen atoms in total. The van der Waals surface area contributed by atoms with Crippen LogP contribution in [0.3, 0.4) is 0 Å². The SMILES string of the molecule is CCOC(=O)C1=C(C)N=C2SC=C(CC(=O)NCCc3c[nH]c4ccccc34)N2[C@@H]1c1cccc(OC)c1. The molecule has 0 bridgehead atoms. The number of nitrogens with zero attached hydrogens (tertiary/aromatic N) is 2. The Labute approximate surface area is 225 Å². The third kappa shape index (κ3) is 5.06. The van der Waals surface area contributed by atoms with Crippen LogP contribution < -0.4 is 10.1 Å². The summed E-state index contributed by atoms with van der Waals surface area (Å²) in [5, 5.41) is 6.88. The van der Waals surface area contributed by atoms with Crippen molar-refractivity contribution in [2.75, 3.05) is 20.3 Å². The summed E-state index contributed by atoms with van der Waals surface area (Å²) in [6.07, 6.45) is 2.88. The van der Waals surface area contributed by atoms with Crippen LogP contribution in [0.1, 0.15) is 37.4 Å². The second kappa shape index (κ2) is 11.2. The van der Waals surface area contributed by atoms with Crippen molar-refractivity contribution in [2.45, 2.75) is 32.7 Å². The molecule has 0 saturated heterocycles. The minimum atomic E-state index is -0.489. The minimum absolute atomic E-state index is 0.0914. The molecular formula is C29H30N4O4S. The van der Waals surface area contributed by atoms with Crippen LogP contribution in [-0.4, -0.2) is 47.2 Å². The van der Waals surface area contributed by atoms with E-state index < -0.39 is 12.0 Å². The number of benzene rings is 2. The Hall–Kier alpha value is -3.98. The number of H-pyrrole nitrogens is 1. The highest BCUT2D eigenvalue weighted by Gasteiger charge is 2.41. The smallest absolute Gasteiger partial charge is 0.338 e. The number of amidine groups is 1. The molecule has 2 aromatic carbocycles. The molecule has 196 valence electrons. The predicted molar refractivity (Wildman–Crippen MR) is 150 cm³/mol. The molecular weight excluding hydrogens is 500 g/mol. The molecule has 2 aliphatic rings. The molecule has 1 amide bonds. The van der Waals surface area contributed by atoms with Crippen molar-refractivity contribution < 1.29 is 19.1 Å². The number of esters is 1. The summed E-state index contributed by atoms with van der Waals surface area (Å²) in [5.74, 6) is 0.172. The Morgan fingerprint density at radius 3 is 2.84 bits per heavy atom. The van der Waals surface area contributed by atoms with E-state index in [0.29, 0.717) is 23.6 Å². The Bertz CT molecular complexity index is 1470. The van der Waals surface area contributed by atoms with Gasteiger partial charge in [0, 0.05) is 29.3 Å². The van der Waals surface area contributed by atoms with Crippen LogP contribution in [-0.2, 0) is 20.7 Å². The highest BCUT2D eigenvalue weighted by molar-refractivity contribution is 8.16. The molecule has 2 aliphatic heterocycles. The third-order valence-corrected chi connectivity index (χ3v) is 7.53. The van der Waals surface area contributed by atoms with Crippen LogP contribution >= 0.6 is 11.8 Å². The van der Waals surface area contributed by atoms with Crippen LogP contribution in [0.5, 0.6) is 5.75 Å². The number of para-hydroxylation sites is 1. The summed E-state index contributed by atoms with van der Waals surface area (Å²) in [6.45, 7) is 4.38. The number of hydrogen-bond acceptors (Lipinski definition) is 7. The first-order valence-corrected chi connectivity index (χ1v) is 13.4. The third-order valence-electron chi connectivity index (χ3n) is 6.64. The molecule has 0 unspecified atom stereocenters. The van der Waals surface area contributed by atoms with Gasteiger partial charge in [-0.25, -0.2) is 9.79 Å². The number of thioether (sulfide) groups is 1. The van der Waals surface area contributed by atoms with E-state index in [1.54, 1.807) is 14.0 Å². The van der Waals surface area contributed by atoms with Crippen molar-refractivity contribution in [3.8, 4) is 5.75 Å². The fourth-order valence-electron chi connectivity index (χ4n) is 4.87. The lowest BCUT2D eigenvalue weighted by Crippen LogP contribution is -2.38. The lowest BCUT2D eigenvalue weighted by Gasteiger charge is -2.36. The first kappa shape index (κ1) is 25.7. The molecule has 0 aliphatic carbocycles. The van der Waals surface area contributed by atoms with E-state index in [9.17, 15) is 9.59 Å². The van der Waals surface area contributed by atoms with Gasteiger partial charge >= 0.3 is 5.97 Å². The maximum Gasteiger partial charge on any atom is 0.338 e. The number of hydrogen-bond donors (Lipinski definition) is 2. The number of amides is 1. The number of aromatic amines is 1. The van der Waals surface area contributed by atoms with Crippen LogP contribution in [0.25, 0.3) is 10.9 Å². The van der Waals surface area contributed by atoms with Gasteiger partial charge < -0.3 is 24.7 Å². The van der Waals surface area contributed by atoms with Crippen LogP contribution in [0, 0.1) is 0 Å². The molecule has 3 heterocycles. The van der Waals surface area contributed by atoms with E-state index in [4.69, 9.17) is 14.5 Å². The van der Waals surface area contributed by atoms with Gasteiger partial charge in [0.2, 0.25) is 5.91 Å². The molecule has 0 spiro atoms. The summed E-state index contributed by atoms with van der Waals surface area (Å²) in [4.78, 5) is 36.1. The fourth-order valence-corrected chi connectivity index (χ4v) is 5.83.